The summed E-state index contributed by atoms with van der Waals surface area (Å²) in [7, 11) is 3.18. The number of methoxy groups -OCH3 is 2. The second-order valence-electron chi connectivity index (χ2n) is 9.86. The average Bonchev–Trinajstić information content (AvgIpc) is 2.94. The highest BCUT2D eigenvalue weighted by molar-refractivity contribution is 5.69. The number of hydrogen-bond donors (Lipinski definition) is 1. The number of phenolic OH excluding ortho intramolecular Hbond substituents is 1. The van der Waals surface area contributed by atoms with Gasteiger partial charge >= 0.3 is 5.97 Å². The number of carbonyl (C=O) groups is 1. The number of piperazine rings is 1. The minimum atomic E-state index is -0.154. The lowest BCUT2D eigenvalue weighted by Crippen LogP contribution is -2.56. The van der Waals surface area contributed by atoms with Gasteiger partial charge in [-0.3, -0.25) is 14.6 Å². The lowest BCUT2D eigenvalue weighted by atomic mass is 9.86. The monoisotopic (exact) mass is 511 g/mol. The molecule has 2 saturated heterocycles. The van der Waals surface area contributed by atoms with E-state index in [0.717, 1.165) is 69.1 Å². The zero-order valence-electron chi connectivity index (χ0n) is 22.4. The molecular formula is C29H41N3O5. The van der Waals surface area contributed by atoms with E-state index in [4.69, 9.17) is 14.2 Å². The molecule has 0 saturated carbocycles. The third-order valence-corrected chi connectivity index (χ3v) is 7.71. The van der Waals surface area contributed by atoms with Crippen LogP contribution < -0.4 is 14.4 Å². The third-order valence-electron chi connectivity index (χ3n) is 7.71. The highest BCUT2D eigenvalue weighted by atomic mass is 16.5. The number of piperidine rings is 1. The number of likely N-dealkylation sites (tertiary alicyclic amines) is 1. The number of esters is 1. The SMILES string of the molecule is CCOc1cccc(CN2CC[C@@H](N3CCN(c4ccccc4OC)CC3)[C@@H](CCC(=O)OC)C2)c1O. The van der Waals surface area contributed by atoms with Gasteiger partial charge in [-0.2, -0.15) is 0 Å². The molecule has 0 bridgehead atoms. The topological polar surface area (TPSA) is 74.7 Å². The van der Waals surface area contributed by atoms with Gasteiger partial charge in [-0.05, 0) is 50.4 Å². The van der Waals surface area contributed by atoms with E-state index >= 15 is 0 Å². The summed E-state index contributed by atoms with van der Waals surface area (Å²) in [6.07, 6.45) is 2.26. The van der Waals surface area contributed by atoms with Crippen LogP contribution in [0.1, 0.15) is 31.7 Å². The maximum Gasteiger partial charge on any atom is 0.305 e. The van der Waals surface area contributed by atoms with Crippen molar-refractivity contribution in [1.29, 1.82) is 0 Å². The average molecular weight is 512 g/mol. The maximum absolute atomic E-state index is 12.0. The predicted octanol–water partition coefficient (Wildman–Crippen LogP) is 3.77. The van der Waals surface area contributed by atoms with E-state index in [-0.39, 0.29) is 11.7 Å². The van der Waals surface area contributed by atoms with Gasteiger partial charge in [0.25, 0.3) is 0 Å². The van der Waals surface area contributed by atoms with Gasteiger partial charge in [0.15, 0.2) is 11.5 Å². The van der Waals surface area contributed by atoms with Crippen LogP contribution >= 0.6 is 0 Å². The normalized spacial score (nSPS) is 21.0. The lowest BCUT2D eigenvalue weighted by Gasteiger charge is -2.47. The molecule has 2 atom stereocenters. The summed E-state index contributed by atoms with van der Waals surface area (Å²) >= 11 is 0. The van der Waals surface area contributed by atoms with Crippen molar-refractivity contribution in [3.8, 4) is 17.2 Å². The second kappa shape index (κ2) is 13.0. The molecule has 0 aromatic heterocycles. The van der Waals surface area contributed by atoms with Crippen LogP contribution in [0.25, 0.3) is 0 Å². The molecule has 37 heavy (non-hydrogen) atoms. The Hall–Kier alpha value is -2.97. The Balaban J connectivity index is 1.41. The van der Waals surface area contributed by atoms with Crippen LogP contribution in [0.2, 0.25) is 0 Å². The van der Waals surface area contributed by atoms with Crippen molar-refractivity contribution in [2.75, 3.05) is 65.0 Å². The number of benzene rings is 2. The van der Waals surface area contributed by atoms with Crippen molar-refractivity contribution in [3.63, 3.8) is 0 Å². The molecule has 0 radical (unpaired) electrons. The Morgan fingerprint density at radius 2 is 1.76 bits per heavy atom. The summed E-state index contributed by atoms with van der Waals surface area (Å²) in [6.45, 7) is 8.78. The molecule has 0 spiro atoms. The molecule has 2 heterocycles. The Bertz CT molecular complexity index is 1020. The van der Waals surface area contributed by atoms with Gasteiger partial charge in [0.2, 0.25) is 0 Å². The largest absolute Gasteiger partial charge is 0.504 e. The summed E-state index contributed by atoms with van der Waals surface area (Å²) in [5.41, 5.74) is 2.03. The molecule has 2 aromatic rings. The molecule has 2 aliphatic heterocycles. The molecule has 0 amide bonds. The maximum atomic E-state index is 12.0. The summed E-state index contributed by atoms with van der Waals surface area (Å²) < 4.78 is 16.1. The van der Waals surface area contributed by atoms with Crippen molar-refractivity contribution < 1.29 is 24.1 Å². The molecule has 8 heteroatoms. The van der Waals surface area contributed by atoms with Gasteiger partial charge in [0.1, 0.15) is 5.75 Å². The van der Waals surface area contributed by atoms with Gasteiger partial charge < -0.3 is 24.2 Å². The summed E-state index contributed by atoms with van der Waals surface area (Å²) in [5, 5.41) is 10.7. The van der Waals surface area contributed by atoms with Gasteiger partial charge in [-0.25, -0.2) is 0 Å². The number of nitrogens with zero attached hydrogens (tertiary/aromatic N) is 3. The number of rotatable bonds is 10. The Labute approximate surface area is 220 Å². The van der Waals surface area contributed by atoms with Crippen LogP contribution in [0, 0.1) is 5.92 Å². The van der Waals surface area contributed by atoms with Crippen LogP contribution in [-0.2, 0) is 16.1 Å². The first-order chi connectivity index (χ1) is 18.0. The molecule has 8 nitrogen and oxygen atoms in total. The van der Waals surface area contributed by atoms with E-state index in [9.17, 15) is 9.90 Å². The number of hydrogen-bond acceptors (Lipinski definition) is 8. The van der Waals surface area contributed by atoms with Crippen molar-refractivity contribution >= 4 is 11.7 Å². The molecule has 4 rings (SSSR count). The lowest BCUT2D eigenvalue weighted by molar-refractivity contribution is -0.141. The molecule has 2 fully saturated rings. The standard InChI is InChI=1S/C29H41N3O5/c1-4-37-27-11-7-8-23(29(27)34)21-30-15-14-24(22(20-30)12-13-28(33)36-3)31-16-18-32(19-17-31)25-9-5-6-10-26(25)35-2/h5-11,22,24,34H,4,12-21H2,1-3H3/t22-,24+/m0/s1. The molecule has 0 aliphatic carbocycles. The molecule has 2 aliphatic rings. The molecule has 2 aromatic carbocycles. The first kappa shape index (κ1) is 27.1. The Morgan fingerprint density at radius 1 is 1.00 bits per heavy atom. The van der Waals surface area contributed by atoms with Gasteiger partial charge in [0.05, 0.1) is 26.5 Å². The number of aromatic hydroxyl groups is 1. The Kier molecular flexibility index (Phi) is 9.52. The molecule has 1 N–H and O–H groups in total. The van der Waals surface area contributed by atoms with Crippen molar-refractivity contribution in [2.45, 2.75) is 38.8 Å². The number of carbonyl (C=O) groups excluding carboxylic acids is 1. The van der Waals surface area contributed by atoms with Crippen LogP contribution in [-0.4, -0.2) is 87.0 Å². The van der Waals surface area contributed by atoms with E-state index < -0.39 is 0 Å². The minimum absolute atomic E-state index is 0.154. The number of phenols is 1. The number of ether oxygens (including phenoxy) is 3. The van der Waals surface area contributed by atoms with Crippen LogP contribution in [0.15, 0.2) is 42.5 Å². The summed E-state index contributed by atoms with van der Waals surface area (Å²) in [6, 6.07) is 14.3. The fraction of sp³-hybridized carbons (Fsp3) is 0.552. The number of anilines is 1. The Morgan fingerprint density at radius 3 is 2.49 bits per heavy atom. The van der Waals surface area contributed by atoms with Crippen molar-refractivity contribution in [3.05, 3.63) is 48.0 Å². The highest BCUT2D eigenvalue weighted by Crippen LogP contribution is 2.34. The van der Waals surface area contributed by atoms with E-state index in [0.29, 0.717) is 37.3 Å². The predicted molar refractivity (Wildman–Crippen MR) is 144 cm³/mol. The minimum Gasteiger partial charge on any atom is -0.504 e. The molecule has 0 unspecified atom stereocenters. The van der Waals surface area contributed by atoms with E-state index in [1.54, 1.807) is 13.2 Å². The third kappa shape index (κ3) is 6.67. The second-order valence-corrected chi connectivity index (χ2v) is 9.86. The van der Waals surface area contributed by atoms with Crippen LogP contribution in [0.4, 0.5) is 5.69 Å². The summed E-state index contributed by atoms with van der Waals surface area (Å²) in [5.74, 6) is 1.87. The smallest absolute Gasteiger partial charge is 0.305 e. The number of para-hydroxylation sites is 3. The molecule has 202 valence electrons. The van der Waals surface area contributed by atoms with Crippen molar-refractivity contribution in [2.24, 2.45) is 5.92 Å². The quantitative estimate of drug-likeness (QED) is 0.484. The fourth-order valence-corrected chi connectivity index (χ4v) is 5.80. The highest BCUT2D eigenvalue weighted by Gasteiger charge is 2.35. The van der Waals surface area contributed by atoms with Gasteiger partial charge in [0, 0.05) is 57.3 Å². The van der Waals surface area contributed by atoms with E-state index in [2.05, 4.69) is 26.8 Å². The summed E-state index contributed by atoms with van der Waals surface area (Å²) in [4.78, 5) is 19.4. The first-order valence-corrected chi connectivity index (χ1v) is 13.4. The van der Waals surface area contributed by atoms with Crippen LogP contribution in [0.3, 0.4) is 0 Å². The zero-order valence-corrected chi connectivity index (χ0v) is 22.4. The van der Waals surface area contributed by atoms with E-state index in [1.165, 1.54) is 7.11 Å². The van der Waals surface area contributed by atoms with E-state index in [1.807, 2.05) is 31.2 Å². The zero-order chi connectivity index (χ0) is 26.2. The first-order valence-electron chi connectivity index (χ1n) is 13.4. The van der Waals surface area contributed by atoms with Gasteiger partial charge in [-0.1, -0.05) is 24.3 Å². The fourth-order valence-electron chi connectivity index (χ4n) is 5.80. The van der Waals surface area contributed by atoms with Crippen LogP contribution in [0.5, 0.6) is 17.2 Å². The molecular weight excluding hydrogens is 470 g/mol. The van der Waals surface area contributed by atoms with Crippen molar-refractivity contribution in [1.82, 2.24) is 9.80 Å². The van der Waals surface area contributed by atoms with Gasteiger partial charge in [-0.15, -0.1) is 0 Å².